The fourth-order valence-corrected chi connectivity index (χ4v) is 2.47. The normalized spacial score (nSPS) is 18.7. The van der Waals surface area contributed by atoms with Crippen LogP contribution in [0.5, 0.6) is 0 Å². The van der Waals surface area contributed by atoms with Gasteiger partial charge in [-0.25, -0.2) is 4.98 Å². The average molecular weight is 288 g/mol. The molecule has 0 bridgehead atoms. The Morgan fingerprint density at radius 1 is 1.48 bits per heavy atom. The maximum atomic E-state index is 12.7. The lowest BCUT2D eigenvalue weighted by Crippen LogP contribution is -2.55. The van der Waals surface area contributed by atoms with Gasteiger partial charge in [0.25, 0.3) is 5.91 Å². The van der Waals surface area contributed by atoms with Crippen LogP contribution >= 0.6 is 0 Å². The topological polar surface area (TPSA) is 87.3 Å². The van der Waals surface area contributed by atoms with Crippen molar-refractivity contribution in [2.45, 2.75) is 6.04 Å². The highest BCUT2D eigenvalue weighted by Crippen LogP contribution is 2.16. The number of fused-ring (bicyclic) bond motifs is 1. The molecule has 1 unspecified atom stereocenters. The molecule has 2 N–H and O–H groups in total. The molecule has 110 valence electrons. The van der Waals surface area contributed by atoms with E-state index in [1.54, 1.807) is 36.5 Å². The molecule has 2 aromatic rings. The van der Waals surface area contributed by atoms with E-state index >= 15 is 0 Å². The molecule has 21 heavy (non-hydrogen) atoms. The summed E-state index contributed by atoms with van der Waals surface area (Å²) in [6.45, 7) is 1.06. The van der Waals surface area contributed by atoms with Crippen LogP contribution < -0.4 is 5.32 Å². The van der Waals surface area contributed by atoms with Crippen molar-refractivity contribution in [3.05, 3.63) is 30.1 Å². The number of nitrogens with zero attached hydrogens (tertiary/aromatic N) is 2. The molecular formula is C14H16N4O3. The van der Waals surface area contributed by atoms with Crippen LogP contribution in [-0.4, -0.2) is 59.5 Å². The van der Waals surface area contributed by atoms with Crippen LogP contribution in [0.15, 0.2) is 24.5 Å². The molecule has 2 heterocycles. The van der Waals surface area contributed by atoms with Gasteiger partial charge in [0.15, 0.2) is 0 Å². The zero-order valence-corrected chi connectivity index (χ0v) is 11.6. The Hall–Kier alpha value is -2.41. The first kappa shape index (κ1) is 13.6. The van der Waals surface area contributed by atoms with Crippen molar-refractivity contribution in [3.63, 3.8) is 0 Å². The Labute approximate surface area is 121 Å². The first-order chi connectivity index (χ1) is 10.2. The Balaban J connectivity index is 1.89. The highest BCUT2D eigenvalue weighted by molar-refractivity contribution is 5.99. The summed E-state index contributed by atoms with van der Waals surface area (Å²) in [5.74, 6) is -0.394. The monoisotopic (exact) mass is 288 g/mol. The number of carbonyl (C=O) groups is 2. The number of aromatic nitrogens is 2. The van der Waals surface area contributed by atoms with Crippen molar-refractivity contribution in [1.29, 1.82) is 0 Å². The number of carbonyl (C=O) groups excluding carboxylic acids is 2. The van der Waals surface area contributed by atoms with Gasteiger partial charge in [-0.3, -0.25) is 9.59 Å². The summed E-state index contributed by atoms with van der Waals surface area (Å²) in [7, 11) is 1.55. The maximum Gasteiger partial charge on any atom is 0.254 e. The van der Waals surface area contributed by atoms with Gasteiger partial charge >= 0.3 is 0 Å². The minimum absolute atomic E-state index is 0.177. The molecule has 7 nitrogen and oxygen atoms in total. The fraction of sp³-hybridized carbons (Fsp3) is 0.357. The second kappa shape index (κ2) is 5.53. The number of imidazole rings is 1. The summed E-state index contributed by atoms with van der Waals surface area (Å²) in [6.07, 6.45) is 1.58. The number of rotatable bonds is 2. The third-order valence-electron chi connectivity index (χ3n) is 3.61. The van der Waals surface area contributed by atoms with E-state index in [4.69, 9.17) is 4.74 Å². The molecule has 1 aromatic heterocycles. The van der Waals surface area contributed by atoms with Gasteiger partial charge in [0.2, 0.25) is 5.91 Å². The number of hydrogen-bond acceptors (Lipinski definition) is 4. The summed E-state index contributed by atoms with van der Waals surface area (Å²) in [6, 6.07) is 4.67. The number of ether oxygens (including phenoxy) is 1. The lowest BCUT2D eigenvalue weighted by Gasteiger charge is -2.34. The van der Waals surface area contributed by atoms with E-state index in [9.17, 15) is 9.59 Å². The van der Waals surface area contributed by atoms with Gasteiger partial charge in [-0.05, 0) is 18.2 Å². The second-order valence-electron chi connectivity index (χ2n) is 4.84. The van der Waals surface area contributed by atoms with E-state index in [1.165, 1.54) is 0 Å². The SMILES string of the molecule is CNC(=O)C1COCCN1C(=O)c1ccc2nc[nH]c2c1. The molecule has 1 aliphatic heterocycles. The number of nitrogens with one attached hydrogen (secondary N) is 2. The number of likely N-dealkylation sites (N-methyl/N-ethyl adjacent to an activating group) is 1. The van der Waals surface area contributed by atoms with E-state index in [0.717, 1.165) is 11.0 Å². The van der Waals surface area contributed by atoms with Gasteiger partial charge in [0.05, 0.1) is 30.6 Å². The third kappa shape index (κ3) is 2.47. The summed E-state index contributed by atoms with van der Waals surface area (Å²) >= 11 is 0. The molecule has 1 fully saturated rings. The lowest BCUT2D eigenvalue weighted by molar-refractivity contribution is -0.130. The van der Waals surface area contributed by atoms with Crippen molar-refractivity contribution in [1.82, 2.24) is 20.2 Å². The van der Waals surface area contributed by atoms with Crippen LogP contribution in [0, 0.1) is 0 Å². The molecule has 0 saturated carbocycles. The van der Waals surface area contributed by atoms with Gasteiger partial charge < -0.3 is 19.9 Å². The summed E-state index contributed by atoms with van der Waals surface area (Å²) in [5, 5.41) is 2.57. The number of hydrogen-bond donors (Lipinski definition) is 2. The Morgan fingerprint density at radius 2 is 2.33 bits per heavy atom. The predicted molar refractivity (Wildman–Crippen MR) is 75.8 cm³/mol. The van der Waals surface area contributed by atoms with Gasteiger partial charge in [0, 0.05) is 19.2 Å². The van der Waals surface area contributed by atoms with Gasteiger partial charge in [0.1, 0.15) is 6.04 Å². The van der Waals surface area contributed by atoms with Crippen LogP contribution in [0.2, 0.25) is 0 Å². The smallest absolute Gasteiger partial charge is 0.254 e. The number of benzene rings is 1. The first-order valence-corrected chi connectivity index (χ1v) is 6.74. The van der Waals surface area contributed by atoms with Crippen molar-refractivity contribution in [2.24, 2.45) is 0 Å². The molecule has 3 rings (SSSR count). The van der Waals surface area contributed by atoms with Crippen molar-refractivity contribution >= 4 is 22.8 Å². The molecule has 0 radical (unpaired) electrons. The summed E-state index contributed by atoms with van der Waals surface area (Å²) in [4.78, 5) is 33.2. The Morgan fingerprint density at radius 3 is 3.14 bits per heavy atom. The van der Waals surface area contributed by atoms with E-state index in [2.05, 4.69) is 15.3 Å². The van der Waals surface area contributed by atoms with Gasteiger partial charge in [-0.15, -0.1) is 0 Å². The van der Waals surface area contributed by atoms with E-state index in [0.29, 0.717) is 18.7 Å². The van der Waals surface area contributed by atoms with Gasteiger partial charge in [-0.2, -0.15) is 0 Å². The van der Waals surface area contributed by atoms with Crippen molar-refractivity contribution in [2.75, 3.05) is 26.8 Å². The zero-order chi connectivity index (χ0) is 14.8. The molecule has 1 atom stereocenters. The van der Waals surface area contributed by atoms with Crippen molar-refractivity contribution in [3.8, 4) is 0 Å². The third-order valence-corrected chi connectivity index (χ3v) is 3.61. The molecule has 0 aliphatic carbocycles. The molecular weight excluding hydrogens is 272 g/mol. The number of H-pyrrole nitrogens is 1. The molecule has 0 spiro atoms. The minimum atomic E-state index is -0.589. The van der Waals surface area contributed by atoms with Crippen LogP contribution in [-0.2, 0) is 9.53 Å². The number of morpholine rings is 1. The van der Waals surface area contributed by atoms with E-state index in [1.807, 2.05) is 0 Å². The number of amides is 2. The van der Waals surface area contributed by atoms with Crippen molar-refractivity contribution < 1.29 is 14.3 Å². The Bertz CT molecular complexity index is 682. The standard InChI is InChI=1S/C14H16N4O3/c1-15-13(19)12-7-21-5-4-18(12)14(20)9-2-3-10-11(6-9)17-8-16-10/h2-3,6,8,12H,4-5,7H2,1H3,(H,15,19)(H,16,17). The number of aromatic amines is 1. The van der Waals surface area contributed by atoms with Crippen LogP contribution in [0.1, 0.15) is 10.4 Å². The van der Waals surface area contributed by atoms with Crippen LogP contribution in [0.3, 0.4) is 0 Å². The molecule has 2 amide bonds. The Kier molecular flexibility index (Phi) is 3.57. The lowest BCUT2D eigenvalue weighted by atomic mass is 10.1. The predicted octanol–water partition coefficient (Wildman–Crippen LogP) is 0.150. The quantitative estimate of drug-likeness (QED) is 0.823. The highest BCUT2D eigenvalue weighted by atomic mass is 16.5. The molecule has 7 heteroatoms. The summed E-state index contributed by atoms with van der Waals surface area (Å²) < 4.78 is 5.31. The maximum absolute atomic E-state index is 12.7. The van der Waals surface area contributed by atoms with Gasteiger partial charge in [-0.1, -0.05) is 0 Å². The molecule has 1 saturated heterocycles. The van der Waals surface area contributed by atoms with Crippen LogP contribution in [0.4, 0.5) is 0 Å². The molecule has 1 aliphatic rings. The van der Waals surface area contributed by atoms with E-state index < -0.39 is 6.04 Å². The second-order valence-corrected chi connectivity index (χ2v) is 4.84. The zero-order valence-electron chi connectivity index (χ0n) is 11.6. The first-order valence-electron chi connectivity index (χ1n) is 6.74. The minimum Gasteiger partial charge on any atom is -0.377 e. The largest absolute Gasteiger partial charge is 0.377 e. The average Bonchev–Trinajstić information content (AvgIpc) is 3.01. The van der Waals surface area contributed by atoms with E-state index in [-0.39, 0.29) is 18.4 Å². The summed E-state index contributed by atoms with van der Waals surface area (Å²) in [5.41, 5.74) is 2.13. The van der Waals surface area contributed by atoms with Crippen LogP contribution in [0.25, 0.3) is 11.0 Å². The molecule has 1 aromatic carbocycles. The fourth-order valence-electron chi connectivity index (χ4n) is 2.47. The highest BCUT2D eigenvalue weighted by Gasteiger charge is 2.32.